The zero-order valence-corrected chi connectivity index (χ0v) is 31.3. The first kappa shape index (κ1) is 44.4. The second-order valence-electron chi connectivity index (χ2n) is 14.3. The highest BCUT2D eigenvalue weighted by Crippen LogP contribution is 2.23. The van der Waals surface area contributed by atoms with Crippen LogP contribution < -0.4 is 16.8 Å². The molecule has 10 nitrogen and oxygen atoms in total. The number of nitrogens with two attached hydrogens (primary N) is 2. The molecule has 49 heavy (non-hydrogen) atoms. The van der Waals surface area contributed by atoms with Gasteiger partial charge in [0, 0.05) is 64.3 Å². The molecule has 0 aromatic carbocycles. The minimum absolute atomic E-state index is 0.225. The van der Waals surface area contributed by atoms with Gasteiger partial charge in [0.1, 0.15) is 0 Å². The molecule has 1 unspecified atom stereocenters. The Morgan fingerprint density at radius 3 is 1.78 bits per heavy atom. The Balaban J connectivity index is 0.000000422. The van der Waals surface area contributed by atoms with Gasteiger partial charge in [-0.25, -0.2) is 0 Å². The first-order valence-corrected chi connectivity index (χ1v) is 20.1. The van der Waals surface area contributed by atoms with E-state index in [-0.39, 0.29) is 23.6 Å². The maximum atomic E-state index is 12.6. The van der Waals surface area contributed by atoms with E-state index in [0.29, 0.717) is 37.6 Å². The summed E-state index contributed by atoms with van der Waals surface area (Å²) in [6.45, 7) is 5.89. The largest absolute Gasteiger partial charge is 0.370 e. The maximum absolute atomic E-state index is 12.6. The smallest absolute Gasteiger partial charge is 0.222 e. The van der Waals surface area contributed by atoms with Gasteiger partial charge in [-0.2, -0.15) is 0 Å². The zero-order valence-electron chi connectivity index (χ0n) is 31.3. The van der Waals surface area contributed by atoms with Crippen LogP contribution in [-0.2, 0) is 24.0 Å². The average molecular weight is 692 g/mol. The first-order valence-electron chi connectivity index (χ1n) is 20.1. The van der Waals surface area contributed by atoms with Crippen LogP contribution in [0.2, 0.25) is 0 Å². The maximum Gasteiger partial charge on any atom is 0.222 e. The van der Waals surface area contributed by atoms with Gasteiger partial charge >= 0.3 is 0 Å². The SMILES string of the molecule is CCCCCCCCCC1CCCCCN1C(=O)CCCCC(N)=O.NC(=O)CCCCC(=O)N1CCCCCC1.O=C1CCCCCN1. The molecule has 0 aromatic rings. The molecule has 0 spiro atoms. The summed E-state index contributed by atoms with van der Waals surface area (Å²) in [6, 6.07) is 0.446. The van der Waals surface area contributed by atoms with Crippen LogP contribution in [0.5, 0.6) is 0 Å². The van der Waals surface area contributed by atoms with Crippen molar-refractivity contribution in [2.24, 2.45) is 11.5 Å². The van der Waals surface area contributed by atoms with Crippen LogP contribution in [0.4, 0.5) is 0 Å². The number of hydrogen-bond donors (Lipinski definition) is 3. The lowest BCUT2D eigenvalue weighted by Crippen LogP contribution is -2.40. The second-order valence-corrected chi connectivity index (χ2v) is 14.3. The summed E-state index contributed by atoms with van der Waals surface area (Å²) in [6.07, 6.45) is 29.2. The third-order valence-electron chi connectivity index (χ3n) is 9.83. The highest BCUT2D eigenvalue weighted by atomic mass is 16.2. The molecule has 0 aromatic heterocycles. The minimum atomic E-state index is -0.276. The molecule has 1 atom stereocenters. The minimum Gasteiger partial charge on any atom is -0.370 e. The van der Waals surface area contributed by atoms with Gasteiger partial charge in [-0.1, -0.05) is 84.0 Å². The Bertz CT molecular complexity index is 896. The highest BCUT2D eigenvalue weighted by molar-refractivity contribution is 5.77. The summed E-state index contributed by atoms with van der Waals surface area (Å²) in [5, 5.41) is 2.81. The lowest BCUT2D eigenvalue weighted by Gasteiger charge is -2.30. The highest BCUT2D eigenvalue weighted by Gasteiger charge is 2.24. The van der Waals surface area contributed by atoms with Gasteiger partial charge in [-0.3, -0.25) is 24.0 Å². The van der Waals surface area contributed by atoms with Crippen LogP contribution in [-0.4, -0.2) is 71.6 Å². The molecule has 5 amide bonds. The molecule has 3 heterocycles. The molecular weight excluding hydrogens is 618 g/mol. The van der Waals surface area contributed by atoms with Crippen LogP contribution in [0.1, 0.15) is 187 Å². The Hall–Kier alpha value is -2.65. The number of nitrogens with one attached hydrogen (secondary N) is 1. The van der Waals surface area contributed by atoms with Gasteiger partial charge in [-0.05, 0) is 70.6 Å². The number of amides is 5. The van der Waals surface area contributed by atoms with Gasteiger partial charge < -0.3 is 26.6 Å². The summed E-state index contributed by atoms with van der Waals surface area (Å²) in [5.74, 6) is 0.217. The van der Waals surface area contributed by atoms with Crippen molar-refractivity contribution < 1.29 is 24.0 Å². The third-order valence-corrected chi connectivity index (χ3v) is 9.83. The lowest BCUT2D eigenvalue weighted by molar-refractivity contribution is -0.134. The van der Waals surface area contributed by atoms with Crippen molar-refractivity contribution in [2.75, 3.05) is 26.2 Å². The fourth-order valence-electron chi connectivity index (χ4n) is 6.82. The van der Waals surface area contributed by atoms with E-state index >= 15 is 0 Å². The zero-order chi connectivity index (χ0) is 36.0. The van der Waals surface area contributed by atoms with Crippen LogP contribution in [0.3, 0.4) is 0 Å². The van der Waals surface area contributed by atoms with Gasteiger partial charge in [-0.15, -0.1) is 0 Å². The molecule has 3 aliphatic rings. The molecule has 3 rings (SSSR count). The normalized spacial score (nSPS) is 18.3. The van der Waals surface area contributed by atoms with E-state index in [9.17, 15) is 24.0 Å². The fraction of sp³-hybridized carbons (Fsp3) is 0.872. The van der Waals surface area contributed by atoms with Crippen molar-refractivity contribution in [3.63, 3.8) is 0 Å². The number of rotatable bonds is 18. The monoisotopic (exact) mass is 692 g/mol. The van der Waals surface area contributed by atoms with Crippen LogP contribution in [0, 0.1) is 0 Å². The predicted octanol–water partition coefficient (Wildman–Crippen LogP) is 7.06. The van der Waals surface area contributed by atoms with Crippen molar-refractivity contribution >= 4 is 29.5 Å². The lowest BCUT2D eigenvalue weighted by atomic mass is 10.0. The molecule has 0 radical (unpaired) electrons. The Kier molecular flexibility index (Phi) is 27.3. The number of likely N-dealkylation sites (tertiary alicyclic amines) is 2. The molecule has 3 saturated heterocycles. The molecule has 0 aliphatic carbocycles. The molecular formula is C39H73N5O5. The van der Waals surface area contributed by atoms with E-state index in [1.165, 1.54) is 89.9 Å². The number of primary amides is 2. The number of hydrogen-bond acceptors (Lipinski definition) is 5. The Labute approximate surface area is 298 Å². The summed E-state index contributed by atoms with van der Waals surface area (Å²) in [4.78, 5) is 60.4. The average Bonchev–Trinajstić information content (AvgIpc) is 3.60. The summed E-state index contributed by atoms with van der Waals surface area (Å²) < 4.78 is 0. The quantitative estimate of drug-likeness (QED) is 0.131. The van der Waals surface area contributed by atoms with E-state index in [1.807, 2.05) is 4.90 Å². The number of carbonyl (C=O) groups is 5. The van der Waals surface area contributed by atoms with Gasteiger partial charge in [0.25, 0.3) is 0 Å². The fourth-order valence-corrected chi connectivity index (χ4v) is 6.82. The second kappa shape index (κ2) is 30.2. The molecule has 3 fully saturated rings. The van der Waals surface area contributed by atoms with Crippen molar-refractivity contribution in [1.29, 1.82) is 0 Å². The van der Waals surface area contributed by atoms with Crippen LogP contribution >= 0.6 is 0 Å². The topological polar surface area (TPSA) is 156 Å². The first-order chi connectivity index (χ1) is 23.7. The van der Waals surface area contributed by atoms with E-state index in [2.05, 4.69) is 17.1 Å². The van der Waals surface area contributed by atoms with Crippen LogP contribution in [0.25, 0.3) is 0 Å². The van der Waals surface area contributed by atoms with E-state index in [1.54, 1.807) is 0 Å². The molecule has 3 aliphatic heterocycles. The molecule has 0 saturated carbocycles. The standard InChI is InChI=1S/C21H40N2O2.C12H22N2O2.C6H11NO/c1-2-3-4-5-6-7-9-14-19-15-10-8-13-18-23(19)21(25)17-12-11-16-20(22)24;13-11(15)7-3-4-8-12(16)14-9-5-1-2-6-10-14;8-6-4-2-1-3-5-7-6/h19H,2-18H2,1H3,(H2,22,24);1-10H2,(H2,13,15);1-5H2,(H,7,8). The summed E-state index contributed by atoms with van der Waals surface area (Å²) in [7, 11) is 0. The molecule has 284 valence electrons. The summed E-state index contributed by atoms with van der Waals surface area (Å²) >= 11 is 0. The van der Waals surface area contributed by atoms with Crippen molar-refractivity contribution in [3.8, 4) is 0 Å². The third kappa shape index (κ3) is 25.0. The van der Waals surface area contributed by atoms with E-state index in [0.717, 1.165) is 90.4 Å². The molecule has 10 heteroatoms. The van der Waals surface area contributed by atoms with E-state index in [4.69, 9.17) is 11.5 Å². The molecule has 0 bridgehead atoms. The Morgan fingerprint density at radius 1 is 0.612 bits per heavy atom. The number of carbonyl (C=O) groups excluding carboxylic acids is 5. The predicted molar refractivity (Wildman–Crippen MR) is 198 cm³/mol. The van der Waals surface area contributed by atoms with Crippen molar-refractivity contribution in [3.05, 3.63) is 0 Å². The summed E-state index contributed by atoms with van der Waals surface area (Å²) in [5.41, 5.74) is 10.2. The number of unbranched alkanes of at least 4 members (excludes halogenated alkanes) is 8. The van der Waals surface area contributed by atoms with E-state index < -0.39 is 0 Å². The van der Waals surface area contributed by atoms with Crippen LogP contribution in [0.15, 0.2) is 0 Å². The van der Waals surface area contributed by atoms with Crippen molar-refractivity contribution in [2.45, 2.75) is 193 Å². The van der Waals surface area contributed by atoms with Gasteiger partial charge in [0.15, 0.2) is 0 Å². The van der Waals surface area contributed by atoms with Gasteiger partial charge in [0.2, 0.25) is 29.5 Å². The van der Waals surface area contributed by atoms with Gasteiger partial charge in [0.05, 0.1) is 0 Å². The number of nitrogens with zero attached hydrogens (tertiary/aromatic N) is 2. The molecule has 5 N–H and O–H groups in total. The van der Waals surface area contributed by atoms with Crippen molar-refractivity contribution in [1.82, 2.24) is 15.1 Å². The Morgan fingerprint density at radius 2 is 1.14 bits per heavy atom.